The topological polar surface area (TPSA) is 42.9 Å². The van der Waals surface area contributed by atoms with Crippen LogP contribution in [-0.2, 0) is 17.5 Å². The molecule has 3 aromatic rings. The molecule has 0 radical (unpaired) electrons. The summed E-state index contributed by atoms with van der Waals surface area (Å²) >= 11 is 0. The van der Waals surface area contributed by atoms with E-state index in [-0.39, 0.29) is 11.9 Å². The molecule has 0 N–H and O–H groups in total. The quantitative estimate of drug-likeness (QED) is 0.263. The lowest BCUT2D eigenvalue weighted by Crippen LogP contribution is -2.44. The van der Waals surface area contributed by atoms with Crippen LogP contribution in [0.4, 0.5) is 24.5 Å². The summed E-state index contributed by atoms with van der Waals surface area (Å²) in [6.07, 6.45) is 6.72. The second-order valence-corrected chi connectivity index (χ2v) is 13.0. The molecule has 3 fully saturated rings. The van der Waals surface area contributed by atoms with Gasteiger partial charge < -0.3 is 14.7 Å². The maximum absolute atomic E-state index is 13.8. The van der Waals surface area contributed by atoms with Crippen LogP contribution in [0.25, 0.3) is 6.08 Å². The van der Waals surface area contributed by atoms with E-state index in [1.165, 1.54) is 31.1 Å². The zero-order chi connectivity index (χ0) is 31.6. The van der Waals surface area contributed by atoms with Gasteiger partial charge in [0.1, 0.15) is 0 Å². The Bertz CT molecular complexity index is 1440. The van der Waals surface area contributed by atoms with E-state index in [0.29, 0.717) is 30.0 Å². The number of carbonyl (C=O) groups is 1. The number of halogens is 3. The Balaban J connectivity index is 1.16. The van der Waals surface area contributed by atoms with Crippen molar-refractivity contribution in [3.05, 3.63) is 95.8 Å². The second-order valence-electron chi connectivity index (χ2n) is 13.0. The number of fused-ring (bicyclic) bond motifs is 1. The Hall–Kier alpha value is -3.69. The average molecular weight is 618 g/mol. The van der Waals surface area contributed by atoms with E-state index in [1.807, 2.05) is 24.1 Å². The lowest BCUT2D eigenvalue weighted by atomic mass is 10.0. The van der Waals surface area contributed by atoms with E-state index in [1.54, 1.807) is 18.5 Å². The second kappa shape index (κ2) is 13.3. The number of carbonyl (C=O) groups excluding carboxylic acids is 1. The van der Waals surface area contributed by atoms with Gasteiger partial charge in [-0.2, -0.15) is 13.2 Å². The van der Waals surface area contributed by atoms with Gasteiger partial charge in [-0.05, 0) is 111 Å². The number of nitrogens with zero attached hydrogens (tertiary/aromatic N) is 5. The van der Waals surface area contributed by atoms with Gasteiger partial charge in [0.25, 0.3) is 0 Å². The number of hydrogen-bond donors (Lipinski definition) is 0. The monoisotopic (exact) mass is 617 g/mol. The molecular formula is C36H42F3N5O. The molecule has 1 aromatic heterocycles. The third-order valence-electron chi connectivity index (χ3n) is 10.1. The van der Waals surface area contributed by atoms with Gasteiger partial charge >= 0.3 is 6.18 Å². The van der Waals surface area contributed by atoms with Crippen LogP contribution in [0.1, 0.15) is 42.4 Å². The maximum Gasteiger partial charge on any atom is 0.416 e. The summed E-state index contributed by atoms with van der Waals surface area (Å²) in [5.41, 5.74) is 2.99. The van der Waals surface area contributed by atoms with Crippen LogP contribution in [-0.4, -0.2) is 77.9 Å². The Kier molecular flexibility index (Phi) is 9.28. The summed E-state index contributed by atoms with van der Waals surface area (Å²) < 4.78 is 39.1. The van der Waals surface area contributed by atoms with E-state index in [9.17, 15) is 18.0 Å². The summed E-state index contributed by atoms with van der Waals surface area (Å²) in [6, 6.07) is 17.9. The zero-order valence-electron chi connectivity index (χ0n) is 26.0. The van der Waals surface area contributed by atoms with Gasteiger partial charge in [0.15, 0.2) is 0 Å². The van der Waals surface area contributed by atoms with Crippen molar-refractivity contribution in [3.63, 3.8) is 0 Å². The number of likely N-dealkylation sites (tertiary alicyclic amines) is 2. The third-order valence-corrected chi connectivity index (χ3v) is 10.1. The number of pyridine rings is 1. The minimum atomic E-state index is -4.39. The van der Waals surface area contributed by atoms with Gasteiger partial charge in [0.05, 0.1) is 5.56 Å². The van der Waals surface area contributed by atoms with Crippen molar-refractivity contribution in [2.45, 2.75) is 50.5 Å². The molecule has 0 spiro atoms. The van der Waals surface area contributed by atoms with Gasteiger partial charge in [-0.3, -0.25) is 14.7 Å². The molecule has 45 heavy (non-hydrogen) atoms. The van der Waals surface area contributed by atoms with Crippen LogP contribution in [0.3, 0.4) is 0 Å². The predicted octanol–water partition coefficient (Wildman–Crippen LogP) is 6.71. The Morgan fingerprint density at radius 3 is 2.11 bits per heavy atom. The van der Waals surface area contributed by atoms with Crippen LogP contribution < -0.4 is 4.90 Å². The zero-order valence-corrected chi connectivity index (χ0v) is 26.0. The van der Waals surface area contributed by atoms with Crippen LogP contribution in [0.15, 0.2) is 79.1 Å². The van der Waals surface area contributed by atoms with Gasteiger partial charge in [0, 0.05) is 68.6 Å². The lowest BCUT2D eigenvalue weighted by molar-refractivity contribution is -0.137. The fraction of sp³-hybridized carbons (Fsp3) is 0.444. The Morgan fingerprint density at radius 2 is 1.51 bits per heavy atom. The highest BCUT2D eigenvalue weighted by molar-refractivity contribution is 5.92. The van der Waals surface area contributed by atoms with E-state index in [2.05, 4.69) is 51.0 Å². The fourth-order valence-electron chi connectivity index (χ4n) is 7.39. The lowest BCUT2D eigenvalue weighted by Gasteiger charge is -2.36. The number of piperidine rings is 1. The van der Waals surface area contributed by atoms with E-state index in [0.717, 1.165) is 68.1 Å². The maximum atomic E-state index is 13.8. The predicted molar refractivity (Wildman–Crippen MR) is 172 cm³/mol. The number of anilines is 2. The van der Waals surface area contributed by atoms with E-state index < -0.39 is 11.7 Å². The molecule has 6 rings (SSSR count). The Labute approximate surface area is 264 Å². The summed E-state index contributed by atoms with van der Waals surface area (Å²) in [5, 5.41) is 0. The number of hydrogen-bond acceptors (Lipinski definition) is 5. The molecule has 6 nitrogen and oxygen atoms in total. The molecule has 238 valence electrons. The molecule has 1 saturated carbocycles. The van der Waals surface area contributed by atoms with E-state index >= 15 is 0 Å². The highest BCUT2D eigenvalue weighted by Crippen LogP contribution is 2.42. The van der Waals surface area contributed by atoms with Crippen LogP contribution in [0, 0.1) is 11.8 Å². The first-order valence-electron chi connectivity index (χ1n) is 16.0. The molecule has 3 heterocycles. The largest absolute Gasteiger partial charge is 0.416 e. The van der Waals surface area contributed by atoms with E-state index in [4.69, 9.17) is 0 Å². The number of aromatic nitrogens is 1. The first-order chi connectivity index (χ1) is 21.6. The Morgan fingerprint density at radius 1 is 0.911 bits per heavy atom. The molecule has 9 heteroatoms. The molecule has 2 aromatic carbocycles. The summed E-state index contributed by atoms with van der Waals surface area (Å²) in [6.45, 7) is 5.01. The van der Waals surface area contributed by atoms with Crippen molar-refractivity contribution < 1.29 is 18.0 Å². The molecule has 1 amide bonds. The minimum Gasteiger partial charge on any atom is -0.345 e. The first kappa shape index (κ1) is 31.3. The van der Waals surface area contributed by atoms with Crippen molar-refractivity contribution in [3.8, 4) is 0 Å². The SMILES string of the molecule is CN1CCC(N2C[C@H]3CC(N(Cc4ccc(N(C)c5ccncc5)cc4)C(=O)C=Cc4ccc(C(F)(F)F)cc4)C[C@H]3C2)CC1. The van der Waals surface area contributed by atoms with Crippen LogP contribution in [0.2, 0.25) is 0 Å². The van der Waals surface area contributed by atoms with Crippen molar-refractivity contribution in [2.75, 3.05) is 45.2 Å². The summed E-state index contributed by atoms with van der Waals surface area (Å²) in [7, 11) is 4.21. The molecule has 2 saturated heterocycles. The number of amides is 1. The molecule has 3 atom stereocenters. The smallest absolute Gasteiger partial charge is 0.345 e. The number of rotatable bonds is 8. The third kappa shape index (κ3) is 7.42. The standard InChI is InChI=1S/C36H42F3N5O/c1-41-19-15-33(16-20-41)43-24-28-21-34(22-29(28)25-43)44(35(45)12-7-26-3-8-30(9-4-26)36(37,38)39)23-27-5-10-31(11-6-27)42(2)32-13-17-40-18-14-32/h3-14,17-18,28-29,33-34H,15-16,19-25H2,1-2H3/t28-,29+,34?. The van der Waals surface area contributed by atoms with Crippen molar-refractivity contribution >= 4 is 23.4 Å². The molecule has 2 aliphatic heterocycles. The van der Waals surface area contributed by atoms with Gasteiger partial charge in [-0.15, -0.1) is 0 Å². The van der Waals surface area contributed by atoms with Gasteiger partial charge in [-0.25, -0.2) is 0 Å². The highest BCUT2D eigenvalue weighted by Gasteiger charge is 2.45. The molecule has 1 unspecified atom stereocenters. The first-order valence-corrected chi connectivity index (χ1v) is 16.0. The van der Waals surface area contributed by atoms with Crippen molar-refractivity contribution in [1.29, 1.82) is 0 Å². The normalized spacial score (nSPS) is 23.0. The number of alkyl halides is 3. The molecule has 0 bridgehead atoms. The van der Waals surface area contributed by atoms with Gasteiger partial charge in [0.2, 0.25) is 5.91 Å². The summed E-state index contributed by atoms with van der Waals surface area (Å²) in [5.74, 6) is 1.06. The molecular weight excluding hydrogens is 575 g/mol. The van der Waals surface area contributed by atoms with Crippen LogP contribution >= 0.6 is 0 Å². The molecule has 3 aliphatic rings. The van der Waals surface area contributed by atoms with Crippen LogP contribution in [0.5, 0.6) is 0 Å². The number of benzene rings is 2. The van der Waals surface area contributed by atoms with Crippen molar-refractivity contribution in [1.82, 2.24) is 19.7 Å². The minimum absolute atomic E-state index is 0.106. The van der Waals surface area contributed by atoms with Crippen molar-refractivity contribution in [2.24, 2.45) is 11.8 Å². The highest BCUT2D eigenvalue weighted by atomic mass is 19.4. The fourth-order valence-corrected chi connectivity index (χ4v) is 7.39. The summed E-state index contributed by atoms with van der Waals surface area (Å²) in [4.78, 5) is 27.1. The average Bonchev–Trinajstić information content (AvgIpc) is 3.63. The molecule has 1 aliphatic carbocycles. The van der Waals surface area contributed by atoms with Gasteiger partial charge in [-0.1, -0.05) is 24.3 Å².